The van der Waals surface area contributed by atoms with Crippen molar-refractivity contribution in [2.45, 2.75) is 32.6 Å². The van der Waals surface area contributed by atoms with Crippen LogP contribution in [0, 0.1) is 10.1 Å². The number of halogens is 1. The zero-order valence-electron chi connectivity index (χ0n) is 12.6. The lowest BCUT2D eigenvalue weighted by Gasteiger charge is -2.13. The van der Waals surface area contributed by atoms with Crippen molar-refractivity contribution in [1.29, 1.82) is 0 Å². The van der Waals surface area contributed by atoms with Crippen LogP contribution in [0.5, 0.6) is 0 Å². The lowest BCUT2D eigenvalue weighted by atomic mass is 9.98. The second-order valence-corrected chi connectivity index (χ2v) is 7.12. The molecule has 0 spiro atoms. The maximum Gasteiger partial charge on any atom is 0.289 e. The predicted octanol–water partition coefficient (Wildman–Crippen LogP) is 4.05. The van der Waals surface area contributed by atoms with Crippen LogP contribution in [-0.2, 0) is 11.8 Å². The molecule has 0 aromatic carbocycles. The largest absolute Gasteiger partial charge is 0.368 e. The molecule has 2 rings (SSSR count). The first-order valence-corrected chi connectivity index (χ1v) is 8.02. The molecule has 2 aromatic heterocycles. The Morgan fingerprint density at radius 1 is 1.45 bits per heavy atom. The second-order valence-electron chi connectivity index (χ2n) is 5.85. The normalized spacial score (nSPS) is 11.5. The Morgan fingerprint density at radius 2 is 2.18 bits per heavy atom. The average molecular weight is 341 g/mol. The number of anilines is 1. The summed E-state index contributed by atoms with van der Waals surface area (Å²) in [5.41, 5.74) is 0.949. The van der Waals surface area contributed by atoms with Crippen LogP contribution in [0.3, 0.4) is 0 Å². The monoisotopic (exact) mass is 340 g/mol. The van der Waals surface area contributed by atoms with Crippen molar-refractivity contribution in [2.24, 2.45) is 0 Å². The molecule has 0 aliphatic rings. The molecular weight excluding hydrogens is 324 g/mol. The van der Waals surface area contributed by atoms with E-state index < -0.39 is 4.92 Å². The van der Waals surface area contributed by atoms with Gasteiger partial charge in [-0.1, -0.05) is 32.4 Å². The molecule has 0 unspecified atom stereocenters. The molecule has 0 fully saturated rings. The molecule has 8 heteroatoms. The van der Waals surface area contributed by atoms with E-state index in [9.17, 15) is 10.1 Å². The summed E-state index contributed by atoms with van der Waals surface area (Å²) in [5.74, 6) is 0.443. The Morgan fingerprint density at radius 3 is 2.73 bits per heavy atom. The van der Waals surface area contributed by atoms with E-state index in [0.29, 0.717) is 12.4 Å². The summed E-state index contributed by atoms with van der Waals surface area (Å²) in [7, 11) is 0. The van der Waals surface area contributed by atoms with Gasteiger partial charge in [-0.25, -0.2) is 9.97 Å². The lowest BCUT2D eigenvalue weighted by Crippen LogP contribution is -2.11. The van der Waals surface area contributed by atoms with Crippen molar-refractivity contribution in [3.05, 3.63) is 43.5 Å². The molecule has 6 nitrogen and oxygen atoms in total. The Bertz CT molecular complexity index is 682. The number of nitro groups is 1. The molecule has 22 heavy (non-hydrogen) atoms. The number of rotatable bonds is 5. The fourth-order valence-electron chi connectivity index (χ4n) is 1.73. The minimum atomic E-state index is -0.522. The Balaban J connectivity index is 1.94. The number of nitrogens with zero attached hydrogens (tertiary/aromatic N) is 3. The summed E-state index contributed by atoms with van der Waals surface area (Å²) in [6.07, 6.45) is 1.93. The van der Waals surface area contributed by atoms with Crippen LogP contribution >= 0.6 is 22.9 Å². The van der Waals surface area contributed by atoms with E-state index in [4.69, 9.17) is 11.6 Å². The highest BCUT2D eigenvalue weighted by molar-refractivity contribution is 7.09. The predicted molar refractivity (Wildman–Crippen MR) is 88.9 cm³/mol. The molecule has 0 aliphatic carbocycles. The number of thiazole rings is 1. The van der Waals surface area contributed by atoms with E-state index >= 15 is 0 Å². The molecule has 118 valence electrons. The molecule has 0 saturated carbocycles. The molecule has 0 bridgehead atoms. The number of hydrogen-bond acceptors (Lipinski definition) is 6. The molecule has 0 saturated heterocycles. The van der Waals surface area contributed by atoms with Crippen LogP contribution in [0.25, 0.3) is 0 Å². The van der Waals surface area contributed by atoms with Gasteiger partial charge in [0.15, 0.2) is 0 Å². The summed E-state index contributed by atoms with van der Waals surface area (Å²) in [6.45, 7) is 7.01. The first-order chi connectivity index (χ1) is 10.3. The number of aromatic nitrogens is 2. The lowest BCUT2D eigenvalue weighted by molar-refractivity contribution is -0.385. The van der Waals surface area contributed by atoms with Crippen molar-refractivity contribution in [2.75, 3.05) is 11.9 Å². The van der Waals surface area contributed by atoms with E-state index in [0.717, 1.165) is 17.1 Å². The van der Waals surface area contributed by atoms with Crippen molar-refractivity contribution in [3.8, 4) is 0 Å². The van der Waals surface area contributed by atoms with E-state index in [2.05, 4.69) is 36.1 Å². The van der Waals surface area contributed by atoms with Gasteiger partial charge in [-0.3, -0.25) is 10.1 Å². The highest BCUT2D eigenvalue weighted by atomic mass is 35.5. The maximum absolute atomic E-state index is 10.6. The number of nitrogens with one attached hydrogen (secondary N) is 1. The highest BCUT2D eigenvalue weighted by Crippen LogP contribution is 2.26. The molecule has 0 atom stereocenters. The minimum absolute atomic E-state index is 0.0551. The van der Waals surface area contributed by atoms with E-state index in [1.165, 1.54) is 12.3 Å². The average Bonchev–Trinajstić information content (AvgIpc) is 2.89. The maximum atomic E-state index is 10.6. The van der Waals surface area contributed by atoms with Gasteiger partial charge in [0, 0.05) is 29.8 Å². The minimum Gasteiger partial charge on any atom is -0.368 e. The van der Waals surface area contributed by atoms with Gasteiger partial charge in [-0.15, -0.1) is 11.3 Å². The van der Waals surface area contributed by atoms with E-state index in [-0.39, 0.29) is 16.1 Å². The summed E-state index contributed by atoms with van der Waals surface area (Å²) < 4.78 is 0. The third kappa shape index (κ3) is 4.14. The second kappa shape index (κ2) is 6.58. The fraction of sp³-hybridized carbons (Fsp3) is 0.429. The standard InChI is InChI=1S/C14H17ClN4O2S/c1-14(2,3)13-18-9(8-22-13)4-5-16-12-11(15)6-10(7-17-12)19(20)21/h6-8H,4-5H2,1-3H3,(H,16,17). The Kier molecular flexibility index (Phi) is 4.97. The number of pyridine rings is 1. The van der Waals surface area contributed by atoms with Gasteiger partial charge in [0.05, 0.1) is 20.6 Å². The van der Waals surface area contributed by atoms with Gasteiger partial charge in [-0.05, 0) is 0 Å². The van der Waals surface area contributed by atoms with Crippen molar-refractivity contribution < 1.29 is 4.92 Å². The van der Waals surface area contributed by atoms with Crippen LogP contribution in [0.4, 0.5) is 11.5 Å². The molecule has 0 aliphatic heterocycles. The van der Waals surface area contributed by atoms with E-state index in [1.54, 1.807) is 11.3 Å². The van der Waals surface area contributed by atoms with Gasteiger partial charge >= 0.3 is 0 Å². The van der Waals surface area contributed by atoms with Gasteiger partial charge in [0.2, 0.25) is 0 Å². The Hall–Kier alpha value is -1.73. The molecule has 2 heterocycles. The van der Waals surface area contributed by atoms with Crippen LogP contribution in [0.2, 0.25) is 5.02 Å². The van der Waals surface area contributed by atoms with Crippen molar-refractivity contribution >= 4 is 34.4 Å². The van der Waals surface area contributed by atoms with Gasteiger partial charge in [-0.2, -0.15) is 0 Å². The molecule has 0 amide bonds. The molecule has 0 radical (unpaired) electrons. The zero-order chi connectivity index (χ0) is 16.3. The smallest absolute Gasteiger partial charge is 0.289 e. The van der Waals surface area contributed by atoms with Gasteiger partial charge in [0.25, 0.3) is 5.69 Å². The molecule has 1 N–H and O–H groups in total. The third-order valence-electron chi connectivity index (χ3n) is 2.90. The van der Waals surface area contributed by atoms with Gasteiger partial charge in [0.1, 0.15) is 12.0 Å². The van der Waals surface area contributed by atoms with Crippen LogP contribution in [0.1, 0.15) is 31.5 Å². The summed E-state index contributed by atoms with van der Waals surface area (Å²) >= 11 is 7.63. The quantitative estimate of drug-likeness (QED) is 0.656. The van der Waals surface area contributed by atoms with Crippen LogP contribution in [0.15, 0.2) is 17.6 Å². The summed E-state index contributed by atoms with van der Waals surface area (Å²) in [6, 6.07) is 1.29. The van der Waals surface area contributed by atoms with Crippen LogP contribution in [-0.4, -0.2) is 21.4 Å². The van der Waals surface area contributed by atoms with Crippen molar-refractivity contribution in [3.63, 3.8) is 0 Å². The first kappa shape index (κ1) is 16.6. The van der Waals surface area contributed by atoms with Crippen LogP contribution < -0.4 is 5.32 Å². The highest BCUT2D eigenvalue weighted by Gasteiger charge is 2.17. The summed E-state index contributed by atoms with van der Waals surface area (Å²) in [4.78, 5) is 18.7. The first-order valence-electron chi connectivity index (χ1n) is 6.76. The SMILES string of the molecule is CC(C)(C)c1nc(CCNc2ncc([N+](=O)[O-])cc2Cl)cs1. The molecule has 2 aromatic rings. The van der Waals surface area contributed by atoms with Gasteiger partial charge < -0.3 is 5.32 Å². The zero-order valence-corrected chi connectivity index (χ0v) is 14.2. The van der Waals surface area contributed by atoms with Crippen molar-refractivity contribution in [1.82, 2.24) is 9.97 Å². The van der Waals surface area contributed by atoms with E-state index in [1.807, 2.05) is 5.38 Å². The topological polar surface area (TPSA) is 81.0 Å². The Labute approximate surface area is 137 Å². The fourth-order valence-corrected chi connectivity index (χ4v) is 2.90. The number of hydrogen-bond donors (Lipinski definition) is 1. The third-order valence-corrected chi connectivity index (χ3v) is 4.51. The summed E-state index contributed by atoms with van der Waals surface area (Å²) in [5, 5.41) is 17.1. The molecular formula is C14H17ClN4O2S.